The number of halogens is 1. The first kappa shape index (κ1) is 11.2. The Bertz CT molecular complexity index is 750. The van der Waals surface area contributed by atoms with Crippen LogP contribution in [0.15, 0.2) is 30.5 Å². The van der Waals surface area contributed by atoms with Crippen LogP contribution in [0, 0.1) is 0 Å². The SMILES string of the molecule is O=C(O)c1cc2nccc(-c3ccc(Cl)s3)n2n1. The summed E-state index contributed by atoms with van der Waals surface area (Å²) in [5, 5.41) is 12.9. The number of nitrogens with zero attached hydrogens (tertiary/aromatic N) is 3. The fraction of sp³-hybridized carbons (Fsp3) is 0. The van der Waals surface area contributed by atoms with Gasteiger partial charge in [0, 0.05) is 12.3 Å². The van der Waals surface area contributed by atoms with Crippen molar-refractivity contribution in [3.05, 3.63) is 40.5 Å². The fourth-order valence-electron chi connectivity index (χ4n) is 1.64. The zero-order valence-electron chi connectivity index (χ0n) is 8.87. The van der Waals surface area contributed by atoms with E-state index in [1.165, 1.54) is 21.9 Å². The highest BCUT2D eigenvalue weighted by Crippen LogP contribution is 2.30. The molecule has 90 valence electrons. The molecule has 3 aromatic rings. The van der Waals surface area contributed by atoms with Crippen molar-refractivity contribution in [3.63, 3.8) is 0 Å². The highest BCUT2D eigenvalue weighted by Gasteiger charge is 2.13. The van der Waals surface area contributed by atoms with Gasteiger partial charge in [0.2, 0.25) is 0 Å². The molecule has 0 radical (unpaired) electrons. The van der Waals surface area contributed by atoms with E-state index in [-0.39, 0.29) is 5.69 Å². The zero-order chi connectivity index (χ0) is 12.7. The summed E-state index contributed by atoms with van der Waals surface area (Å²) in [5.41, 5.74) is 1.23. The Hall–Kier alpha value is -1.92. The Balaban J connectivity index is 2.26. The average molecular weight is 280 g/mol. The van der Waals surface area contributed by atoms with Gasteiger partial charge in [0.25, 0.3) is 0 Å². The van der Waals surface area contributed by atoms with Crippen molar-refractivity contribution in [2.75, 3.05) is 0 Å². The Labute approximate surface area is 110 Å². The van der Waals surface area contributed by atoms with Gasteiger partial charge in [-0.3, -0.25) is 0 Å². The highest BCUT2D eigenvalue weighted by atomic mass is 35.5. The molecule has 3 rings (SSSR count). The molecule has 3 heterocycles. The van der Waals surface area contributed by atoms with Gasteiger partial charge in [0.05, 0.1) is 14.9 Å². The summed E-state index contributed by atoms with van der Waals surface area (Å²) in [6.45, 7) is 0. The largest absolute Gasteiger partial charge is 0.476 e. The highest BCUT2D eigenvalue weighted by molar-refractivity contribution is 7.19. The molecule has 0 fully saturated rings. The van der Waals surface area contributed by atoms with E-state index >= 15 is 0 Å². The third-order valence-electron chi connectivity index (χ3n) is 2.40. The lowest BCUT2D eigenvalue weighted by atomic mass is 10.3. The predicted octanol–water partition coefficient (Wildman–Crippen LogP) is 2.81. The quantitative estimate of drug-likeness (QED) is 0.783. The van der Waals surface area contributed by atoms with Gasteiger partial charge in [-0.25, -0.2) is 14.3 Å². The molecule has 0 atom stereocenters. The number of carbonyl (C=O) groups is 1. The first-order valence-corrected chi connectivity index (χ1v) is 6.18. The molecule has 0 spiro atoms. The minimum atomic E-state index is -1.07. The van der Waals surface area contributed by atoms with Crippen LogP contribution in [0.25, 0.3) is 16.2 Å². The van der Waals surface area contributed by atoms with Crippen LogP contribution >= 0.6 is 22.9 Å². The van der Waals surface area contributed by atoms with Crippen molar-refractivity contribution in [2.24, 2.45) is 0 Å². The molecule has 7 heteroatoms. The molecule has 0 aromatic carbocycles. The van der Waals surface area contributed by atoms with Gasteiger partial charge < -0.3 is 5.11 Å². The van der Waals surface area contributed by atoms with E-state index in [1.54, 1.807) is 18.3 Å². The number of thiophene rings is 1. The predicted molar refractivity (Wildman–Crippen MR) is 68.3 cm³/mol. The van der Waals surface area contributed by atoms with Crippen molar-refractivity contribution in [2.45, 2.75) is 0 Å². The van der Waals surface area contributed by atoms with E-state index < -0.39 is 5.97 Å². The zero-order valence-corrected chi connectivity index (χ0v) is 10.4. The molecule has 0 bridgehead atoms. The maximum Gasteiger partial charge on any atom is 0.356 e. The molecule has 5 nitrogen and oxygen atoms in total. The van der Waals surface area contributed by atoms with Crippen LogP contribution in [0.2, 0.25) is 4.34 Å². The van der Waals surface area contributed by atoms with Crippen molar-refractivity contribution in [1.82, 2.24) is 14.6 Å². The summed E-state index contributed by atoms with van der Waals surface area (Å²) < 4.78 is 2.17. The molecule has 1 N–H and O–H groups in total. The van der Waals surface area contributed by atoms with E-state index in [4.69, 9.17) is 16.7 Å². The summed E-state index contributed by atoms with van der Waals surface area (Å²) in [7, 11) is 0. The number of rotatable bonds is 2. The van der Waals surface area contributed by atoms with Gasteiger partial charge in [0.15, 0.2) is 11.3 Å². The lowest BCUT2D eigenvalue weighted by molar-refractivity contribution is 0.0690. The smallest absolute Gasteiger partial charge is 0.356 e. The lowest BCUT2D eigenvalue weighted by Crippen LogP contribution is -1.99. The fourth-order valence-corrected chi connectivity index (χ4v) is 2.69. The van der Waals surface area contributed by atoms with Crippen LogP contribution in [-0.2, 0) is 0 Å². The Kier molecular flexibility index (Phi) is 2.53. The molecule has 0 saturated heterocycles. The molecular formula is C11H6ClN3O2S. The van der Waals surface area contributed by atoms with E-state index in [9.17, 15) is 4.79 Å². The minimum absolute atomic E-state index is 0.0300. The molecule has 0 aliphatic heterocycles. The first-order chi connectivity index (χ1) is 8.65. The van der Waals surface area contributed by atoms with Crippen LogP contribution in [0.1, 0.15) is 10.5 Å². The standard InChI is InChI=1S/C11H6ClN3O2S/c12-9-2-1-8(18-9)7-3-4-13-10-5-6(11(16)17)14-15(7)10/h1-5H,(H,16,17). The van der Waals surface area contributed by atoms with Crippen LogP contribution in [0.4, 0.5) is 0 Å². The van der Waals surface area contributed by atoms with Crippen molar-refractivity contribution in [3.8, 4) is 10.6 Å². The van der Waals surface area contributed by atoms with E-state index in [0.29, 0.717) is 9.98 Å². The summed E-state index contributed by atoms with van der Waals surface area (Å²) in [4.78, 5) is 15.9. The summed E-state index contributed by atoms with van der Waals surface area (Å²) in [5.74, 6) is -1.07. The molecule has 3 aromatic heterocycles. The summed E-state index contributed by atoms with van der Waals surface area (Å²) in [6.07, 6.45) is 1.62. The van der Waals surface area contributed by atoms with Gasteiger partial charge in [-0.2, -0.15) is 5.10 Å². The van der Waals surface area contributed by atoms with Crippen molar-refractivity contribution in [1.29, 1.82) is 0 Å². The maximum absolute atomic E-state index is 10.9. The normalized spacial score (nSPS) is 10.9. The molecule has 18 heavy (non-hydrogen) atoms. The first-order valence-electron chi connectivity index (χ1n) is 4.99. The van der Waals surface area contributed by atoms with Crippen LogP contribution in [0.5, 0.6) is 0 Å². The summed E-state index contributed by atoms with van der Waals surface area (Å²) >= 11 is 7.30. The molecule has 0 aliphatic rings. The third-order valence-corrected chi connectivity index (χ3v) is 3.66. The van der Waals surface area contributed by atoms with Gasteiger partial charge in [-0.15, -0.1) is 11.3 Å². The van der Waals surface area contributed by atoms with E-state index in [1.807, 2.05) is 6.07 Å². The number of carboxylic acids is 1. The monoisotopic (exact) mass is 279 g/mol. The number of hydrogen-bond acceptors (Lipinski definition) is 4. The summed E-state index contributed by atoms with van der Waals surface area (Å²) in [6, 6.07) is 6.86. The Morgan fingerprint density at radius 1 is 1.39 bits per heavy atom. The van der Waals surface area contributed by atoms with Gasteiger partial charge in [-0.1, -0.05) is 11.6 Å². The minimum Gasteiger partial charge on any atom is -0.476 e. The van der Waals surface area contributed by atoms with Gasteiger partial charge in [0.1, 0.15) is 0 Å². The van der Waals surface area contributed by atoms with Crippen molar-refractivity contribution >= 4 is 34.6 Å². The number of aromatic nitrogens is 3. The van der Waals surface area contributed by atoms with Gasteiger partial charge >= 0.3 is 5.97 Å². The van der Waals surface area contributed by atoms with Crippen LogP contribution in [0.3, 0.4) is 0 Å². The number of aromatic carboxylic acids is 1. The third kappa shape index (κ3) is 1.75. The second-order valence-electron chi connectivity index (χ2n) is 3.54. The van der Waals surface area contributed by atoms with Crippen molar-refractivity contribution < 1.29 is 9.90 Å². The second-order valence-corrected chi connectivity index (χ2v) is 5.25. The number of hydrogen-bond donors (Lipinski definition) is 1. The molecular weight excluding hydrogens is 274 g/mol. The van der Waals surface area contributed by atoms with Crippen LogP contribution in [-0.4, -0.2) is 25.7 Å². The van der Waals surface area contributed by atoms with E-state index in [0.717, 1.165) is 10.6 Å². The number of fused-ring (bicyclic) bond motifs is 1. The second kappa shape index (κ2) is 4.08. The number of carboxylic acid groups (broad SMARTS) is 1. The van der Waals surface area contributed by atoms with Gasteiger partial charge in [-0.05, 0) is 18.2 Å². The Morgan fingerprint density at radius 2 is 2.22 bits per heavy atom. The average Bonchev–Trinajstić information content (AvgIpc) is 2.94. The maximum atomic E-state index is 10.9. The molecule has 0 aliphatic carbocycles. The molecule has 0 amide bonds. The molecule has 0 saturated carbocycles. The Morgan fingerprint density at radius 3 is 2.89 bits per heavy atom. The van der Waals surface area contributed by atoms with Crippen LogP contribution < -0.4 is 0 Å². The lowest BCUT2D eigenvalue weighted by Gasteiger charge is -2.00. The topological polar surface area (TPSA) is 67.5 Å². The molecule has 0 unspecified atom stereocenters. The van der Waals surface area contributed by atoms with E-state index in [2.05, 4.69) is 10.1 Å².